The number of unbranched alkanes of at least 4 members (excludes halogenated alkanes) is 1. The summed E-state index contributed by atoms with van der Waals surface area (Å²) in [5.41, 5.74) is 1.25. The van der Waals surface area contributed by atoms with Crippen LogP contribution in [0.15, 0.2) is 54.4 Å². The zero-order valence-corrected chi connectivity index (χ0v) is 20.2. The molecule has 8 heteroatoms. The fourth-order valence-corrected chi connectivity index (χ4v) is 4.48. The largest absolute Gasteiger partial charge is 0.507 e. The predicted molar refractivity (Wildman–Crippen MR) is 132 cm³/mol. The number of ether oxygens (including phenoxy) is 2. The Hall–Kier alpha value is -3.23. The molecule has 8 nitrogen and oxygen atoms in total. The van der Waals surface area contributed by atoms with Gasteiger partial charge in [-0.05, 0) is 48.7 Å². The number of morpholine rings is 1. The van der Waals surface area contributed by atoms with Gasteiger partial charge in [-0.15, -0.1) is 0 Å². The average molecular weight is 480 g/mol. The number of aliphatic hydroxyl groups excluding tert-OH is 1. The number of carbonyl (C=O) groups is 2. The van der Waals surface area contributed by atoms with Crippen molar-refractivity contribution in [2.45, 2.75) is 32.2 Å². The van der Waals surface area contributed by atoms with Crippen LogP contribution in [0.4, 0.5) is 0 Å². The number of hydrogen-bond donors (Lipinski definition) is 1. The number of pyridine rings is 1. The Morgan fingerprint density at radius 3 is 2.57 bits per heavy atom. The van der Waals surface area contributed by atoms with E-state index in [-0.39, 0.29) is 11.3 Å². The molecule has 0 spiro atoms. The molecule has 186 valence electrons. The first-order valence-electron chi connectivity index (χ1n) is 12.3. The maximum Gasteiger partial charge on any atom is 0.295 e. The molecule has 2 saturated heterocycles. The molecular formula is C27H33N3O5. The Morgan fingerprint density at radius 2 is 1.89 bits per heavy atom. The summed E-state index contributed by atoms with van der Waals surface area (Å²) in [6.45, 7) is 7.09. The van der Waals surface area contributed by atoms with Crippen molar-refractivity contribution < 1.29 is 24.2 Å². The van der Waals surface area contributed by atoms with E-state index in [1.54, 1.807) is 47.6 Å². The van der Waals surface area contributed by atoms with Crippen molar-refractivity contribution in [1.82, 2.24) is 14.8 Å². The first kappa shape index (κ1) is 24.9. The Balaban J connectivity index is 1.58. The SMILES string of the molecule is CCCCOc1ccc(C(O)=C2C(=O)C(=O)N(CCCN3CCOCC3)C2c2cccnc2)cc1. The van der Waals surface area contributed by atoms with Gasteiger partial charge in [0.2, 0.25) is 0 Å². The van der Waals surface area contributed by atoms with Crippen LogP contribution >= 0.6 is 0 Å². The number of aliphatic hydroxyl groups is 1. The van der Waals surface area contributed by atoms with Crippen molar-refractivity contribution in [2.75, 3.05) is 46.0 Å². The lowest BCUT2D eigenvalue weighted by atomic mass is 9.96. The van der Waals surface area contributed by atoms with Crippen LogP contribution in [0.1, 0.15) is 43.4 Å². The third-order valence-corrected chi connectivity index (χ3v) is 6.41. The fourth-order valence-electron chi connectivity index (χ4n) is 4.48. The van der Waals surface area contributed by atoms with E-state index in [1.807, 2.05) is 6.07 Å². The van der Waals surface area contributed by atoms with Gasteiger partial charge < -0.3 is 19.5 Å². The summed E-state index contributed by atoms with van der Waals surface area (Å²) in [5.74, 6) is -0.761. The molecule has 35 heavy (non-hydrogen) atoms. The molecule has 0 bridgehead atoms. The molecule has 3 heterocycles. The average Bonchev–Trinajstić information content (AvgIpc) is 3.15. The number of carbonyl (C=O) groups excluding carboxylic acids is 2. The molecule has 2 aliphatic rings. The van der Waals surface area contributed by atoms with E-state index in [9.17, 15) is 14.7 Å². The van der Waals surface area contributed by atoms with Crippen LogP contribution < -0.4 is 4.74 Å². The number of hydrogen-bond acceptors (Lipinski definition) is 7. The van der Waals surface area contributed by atoms with E-state index >= 15 is 0 Å². The van der Waals surface area contributed by atoms with Crippen LogP contribution in [-0.2, 0) is 14.3 Å². The van der Waals surface area contributed by atoms with Crippen LogP contribution in [0.5, 0.6) is 5.75 Å². The van der Waals surface area contributed by atoms with Crippen molar-refractivity contribution in [1.29, 1.82) is 0 Å². The highest BCUT2D eigenvalue weighted by atomic mass is 16.5. The lowest BCUT2D eigenvalue weighted by molar-refractivity contribution is -0.140. The number of aromatic nitrogens is 1. The highest BCUT2D eigenvalue weighted by Crippen LogP contribution is 2.39. The van der Waals surface area contributed by atoms with Crippen molar-refractivity contribution in [3.63, 3.8) is 0 Å². The number of rotatable bonds is 10. The minimum absolute atomic E-state index is 0.0917. The maximum absolute atomic E-state index is 13.1. The highest BCUT2D eigenvalue weighted by Gasteiger charge is 2.45. The summed E-state index contributed by atoms with van der Waals surface area (Å²) in [6, 6.07) is 9.87. The first-order valence-corrected chi connectivity index (χ1v) is 12.3. The van der Waals surface area contributed by atoms with Gasteiger partial charge in [0.25, 0.3) is 11.7 Å². The molecule has 1 unspecified atom stereocenters. The molecule has 1 amide bonds. The summed E-state index contributed by atoms with van der Waals surface area (Å²) in [4.78, 5) is 34.3. The number of amides is 1. The van der Waals surface area contributed by atoms with E-state index in [2.05, 4.69) is 16.8 Å². The number of Topliss-reactive ketones (excluding diaryl/α,β-unsaturated/α-hetero) is 1. The fraction of sp³-hybridized carbons (Fsp3) is 0.444. The van der Waals surface area contributed by atoms with Crippen molar-refractivity contribution >= 4 is 17.4 Å². The molecule has 2 aliphatic heterocycles. The molecule has 4 rings (SSSR count). The Labute approximate surface area is 206 Å². The van der Waals surface area contributed by atoms with Crippen LogP contribution in [0, 0.1) is 0 Å². The molecule has 1 atom stereocenters. The van der Waals surface area contributed by atoms with Crippen molar-refractivity contribution in [3.05, 3.63) is 65.5 Å². The summed E-state index contributed by atoms with van der Waals surface area (Å²) in [5, 5.41) is 11.2. The van der Waals surface area contributed by atoms with Crippen LogP contribution in [-0.4, -0.2) is 77.6 Å². The molecule has 0 saturated carbocycles. The third kappa shape index (κ3) is 5.89. The third-order valence-electron chi connectivity index (χ3n) is 6.41. The van der Waals surface area contributed by atoms with Gasteiger partial charge in [-0.1, -0.05) is 19.4 Å². The zero-order chi connectivity index (χ0) is 24.6. The molecule has 1 aromatic heterocycles. The lowest BCUT2D eigenvalue weighted by Gasteiger charge is -2.29. The lowest BCUT2D eigenvalue weighted by Crippen LogP contribution is -2.39. The Morgan fingerprint density at radius 1 is 1.11 bits per heavy atom. The second kappa shape index (κ2) is 12.0. The monoisotopic (exact) mass is 479 g/mol. The Bertz CT molecular complexity index is 1030. The minimum Gasteiger partial charge on any atom is -0.507 e. The van der Waals surface area contributed by atoms with Crippen LogP contribution in [0.25, 0.3) is 5.76 Å². The quantitative estimate of drug-likeness (QED) is 0.242. The molecular weight excluding hydrogens is 446 g/mol. The van der Waals surface area contributed by atoms with E-state index in [1.165, 1.54) is 0 Å². The first-order chi connectivity index (χ1) is 17.1. The summed E-state index contributed by atoms with van der Waals surface area (Å²) >= 11 is 0. The maximum atomic E-state index is 13.1. The molecule has 1 aromatic carbocycles. The van der Waals surface area contributed by atoms with E-state index in [0.717, 1.165) is 32.5 Å². The van der Waals surface area contributed by atoms with Gasteiger partial charge in [0, 0.05) is 44.1 Å². The summed E-state index contributed by atoms with van der Waals surface area (Å²) in [7, 11) is 0. The molecule has 2 aromatic rings. The number of benzene rings is 1. The van der Waals surface area contributed by atoms with Gasteiger partial charge in [-0.3, -0.25) is 19.5 Å². The summed E-state index contributed by atoms with van der Waals surface area (Å²) in [6.07, 6.45) is 6.00. The van der Waals surface area contributed by atoms with Gasteiger partial charge in [0.05, 0.1) is 31.4 Å². The second-order valence-electron chi connectivity index (χ2n) is 8.81. The van der Waals surface area contributed by atoms with Gasteiger partial charge in [-0.25, -0.2) is 0 Å². The number of ketones is 1. The van der Waals surface area contributed by atoms with Gasteiger partial charge in [0.1, 0.15) is 11.5 Å². The van der Waals surface area contributed by atoms with Crippen LogP contribution in [0.3, 0.4) is 0 Å². The standard InChI is InChI=1S/C27H33N3O5/c1-2-3-16-35-22-9-7-20(8-10-22)25(31)23-24(21-6-4-11-28-19-21)30(27(33)26(23)32)13-5-12-29-14-17-34-18-15-29/h4,6-11,19,24,31H,2-3,5,12-18H2,1H3. The minimum atomic E-state index is -0.686. The zero-order valence-electron chi connectivity index (χ0n) is 20.2. The smallest absolute Gasteiger partial charge is 0.295 e. The van der Waals surface area contributed by atoms with Crippen LogP contribution in [0.2, 0.25) is 0 Å². The van der Waals surface area contributed by atoms with Crippen molar-refractivity contribution in [3.8, 4) is 5.75 Å². The molecule has 2 fully saturated rings. The predicted octanol–water partition coefficient (Wildman–Crippen LogP) is 3.40. The highest BCUT2D eigenvalue weighted by molar-refractivity contribution is 6.46. The second-order valence-corrected chi connectivity index (χ2v) is 8.81. The summed E-state index contributed by atoms with van der Waals surface area (Å²) < 4.78 is 11.1. The molecule has 0 radical (unpaired) electrons. The van der Waals surface area contributed by atoms with Gasteiger partial charge >= 0.3 is 0 Å². The Kier molecular flexibility index (Phi) is 8.50. The van der Waals surface area contributed by atoms with E-state index in [4.69, 9.17) is 9.47 Å². The van der Waals surface area contributed by atoms with Gasteiger partial charge in [-0.2, -0.15) is 0 Å². The normalized spacial score (nSPS) is 20.4. The topological polar surface area (TPSA) is 92.2 Å². The van der Waals surface area contributed by atoms with Crippen molar-refractivity contribution in [2.24, 2.45) is 0 Å². The van der Waals surface area contributed by atoms with E-state index in [0.29, 0.717) is 49.7 Å². The molecule has 1 N–H and O–H groups in total. The molecule has 0 aliphatic carbocycles. The number of likely N-dealkylation sites (tertiary alicyclic amines) is 1. The number of nitrogens with zero attached hydrogens (tertiary/aromatic N) is 3. The van der Waals surface area contributed by atoms with Gasteiger partial charge in [0.15, 0.2) is 0 Å². The van der Waals surface area contributed by atoms with E-state index < -0.39 is 17.7 Å².